The van der Waals surface area contributed by atoms with Gasteiger partial charge in [-0.3, -0.25) is 19.3 Å². The number of carbonyl (C=O) groups excluding carboxylic acids is 3. The highest BCUT2D eigenvalue weighted by Gasteiger charge is 2.44. The Balaban J connectivity index is 1.84. The number of nitrogens with zero attached hydrogens (tertiary/aromatic N) is 1. The topological polar surface area (TPSA) is 82.1 Å². The Morgan fingerprint density at radius 3 is 2.46 bits per heavy atom. The minimum Gasteiger partial charge on any atom is -0.534 e. The molecule has 28 heavy (non-hydrogen) atoms. The summed E-state index contributed by atoms with van der Waals surface area (Å²) in [6.07, 6.45) is 0. The second-order valence-corrected chi connectivity index (χ2v) is 7.20. The highest BCUT2D eigenvalue weighted by atomic mass is 16.7. The van der Waals surface area contributed by atoms with E-state index in [1.807, 2.05) is 19.9 Å². The van der Waals surface area contributed by atoms with Crippen molar-refractivity contribution in [3.63, 3.8) is 0 Å². The minimum atomic E-state index is -0.690. The predicted octanol–water partition coefficient (Wildman–Crippen LogP) is 1.64. The van der Waals surface area contributed by atoms with Crippen LogP contribution in [0, 0.1) is 0 Å². The summed E-state index contributed by atoms with van der Waals surface area (Å²) in [6.45, 7) is 7.17. The summed E-state index contributed by atoms with van der Waals surface area (Å²) in [5.41, 5.74) is 0.741. The fourth-order valence-corrected chi connectivity index (χ4v) is 3.47. The van der Waals surface area contributed by atoms with Crippen LogP contribution in [0.1, 0.15) is 34.6 Å². The van der Waals surface area contributed by atoms with Crippen molar-refractivity contribution in [1.82, 2.24) is 4.90 Å². The molecule has 2 aromatic carbocycles. The maximum atomic E-state index is 12.9. The largest absolute Gasteiger partial charge is 0.563 e. The van der Waals surface area contributed by atoms with Crippen LogP contribution >= 0.6 is 0 Å². The fraction of sp³-hybridized carbons (Fsp3) is 0.250. The van der Waals surface area contributed by atoms with Gasteiger partial charge >= 0.3 is 13.1 Å². The molecule has 2 aliphatic rings. The van der Waals surface area contributed by atoms with Crippen molar-refractivity contribution < 1.29 is 28.4 Å². The second-order valence-electron chi connectivity index (χ2n) is 7.20. The van der Waals surface area contributed by atoms with Gasteiger partial charge in [0.1, 0.15) is 12.1 Å². The van der Waals surface area contributed by atoms with Gasteiger partial charge in [0.2, 0.25) is 0 Å². The molecule has 142 valence electrons. The van der Waals surface area contributed by atoms with E-state index < -0.39 is 37.0 Å². The first-order valence-electron chi connectivity index (χ1n) is 8.77. The van der Waals surface area contributed by atoms with Gasteiger partial charge < -0.3 is 14.0 Å². The third kappa shape index (κ3) is 2.60. The van der Waals surface area contributed by atoms with Gasteiger partial charge in [0, 0.05) is 22.0 Å². The monoisotopic (exact) mass is 379 g/mol. The Bertz CT molecular complexity index is 1040. The van der Waals surface area contributed by atoms with E-state index in [9.17, 15) is 14.4 Å². The van der Waals surface area contributed by atoms with Gasteiger partial charge in [-0.15, -0.1) is 0 Å². The number of hydrogen-bond acceptors (Lipinski definition) is 6. The summed E-state index contributed by atoms with van der Waals surface area (Å²) in [6, 6.07) is 8.54. The predicted molar refractivity (Wildman–Crippen MR) is 102 cm³/mol. The van der Waals surface area contributed by atoms with Crippen molar-refractivity contribution in [1.29, 1.82) is 0 Å². The molecule has 7 nitrogen and oxygen atoms in total. The SMILES string of the molecule is C=C1OB(c2ccc3c4c(cccc24)C(=O)N(CC(=O)OC)C3=O)OC1(C)C. The van der Waals surface area contributed by atoms with Crippen LogP contribution in [0.2, 0.25) is 0 Å². The van der Waals surface area contributed by atoms with Gasteiger partial charge in [0.15, 0.2) is 0 Å². The molecule has 2 heterocycles. The van der Waals surface area contributed by atoms with Crippen molar-refractivity contribution in [2.45, 2.75) is 19.4 Å². The molecule has 1 saturated heterocycles. The third-order valence-electron chi connectivity index (χ3n) is 5.12. The number of hydrogen-bond donors (Lipinski definition) is 0. The quantitative estimate of drug-likeness (QED) is 0.458. The number of ether oxygens (including phenoxy) is 1. The zero-order valence-corrected chi connectivity index (χ0v) is 15.8. The average molecular weight is 379 g/mol. The lowest BCUT2D eigenvalue weighted by Gasteiger charge is -2.27. The van der Waals surface area contributed by atoms with Gasteiger partial charge in [-0.1, -0.05) is 24.8 Å². The molecule has 0 aliphatic carbocycles. The lowest BCUT2D eigenvalue weighted by atomic mass is 9.74. The van der Waals surface area contributed by atoms with Crippen LogP contribution in [0.3, 0.4) is 0 Å². The number of esters is 1. The summed E-state index contributed by atoms with van der Waals surface area (Å²) in [4.78, 5) is 38.3. The van der Waals surface area contributed by atoms with Gasteiger partial charge in [-0.05, 0) is 31.4 Å². The summed E-state index contributed by atoms with van der Waals surface area (Å²) >= 11 is 0. The first kappa shape index (κ1) is 18.2. The molecule has 0 N–H and O–H groups in total. The van der Waals surface area contributed by atoms with Crippen LogP contribution in [0.5, 0.6) is 0 Å². The van der Waals surface area contributed by atoms with Gasteiger partial charge in [0.05, 0.1) is 12.9 Å². The molecule has 0 bridgehead atoms. The highest BCUT2D eigenvalue weighted by Crippen LogP contribution is 2.33. The molecule has 0 unspecified atom stereocenters. The van der Waals surface area contributed by atoms with Crippen LogP contribution < -0.4 is 5.46 Å². The maximum Gasteiger partial charge on any atom is 0.563 e. The van der Waals surface area contributed by atoms with E-state index in [1.165, 1.54) is 7.11 Å². The van der Waals surface area contributed by atoms with E-state index in [2.05, 4.69) is 11.3 Å². The van der Waals surface area contributed by atoms with E-state index in [0.717, 1.165) is 4.90 Å². The molecule has 1 fully saturated rings. The van der Waals surface area contributed by atoms with E-state index in [-0.39, 0.29) is 0 Å². The molecular weight excluding hydrogens is 361 g/mol. The Labute approximate surface area is 162 Å². The smallest absolute Gasteiger partial charge is 0.534 e. The minimum absolute atomic E-state index is 0.342. The van der Waals surface area contributed by atoms with Gasteiger partial charge in [0.25, 0.3) is 11.8 Å². The zero-order chi connectivity index (χ0) is 20.2. The van der Waals surface area contributed by atoms with E-state index in [0.29, 0.717) is 33.1 Å². The molecular formula is C20H18BNO6. The first-order valence-corrected chi connectivity index (χ1v) is 8.77. The fourth-order valence-electron chi connectivity index (χ4n) is 3.47. The second kappa shape index (κ2) is 6.20. The number of methoxy groups -OCH3 is 1. The number of rotatable bonds is 3. The van der Waals surface area contributed by atoms with Crippen molar-refractivity contribution in [3.05, 3.63) is 53.8 Å². The Morgan fingerprint density at radius 1 is 1.18 bits per heavy atom. The van der Waals surface area contributed by atoms with Crippen LogP contribution in [-0.4, -0.2) is 49.1 Å². The maximum absolute atomic E-state index is 12.9. The highest BCUT2D eigenvalue weighted by molar-refractivity contribution is 6.65. The van der Waals surface area contributed by atoms with Crippen molar-refractivity contribution in [3.8, 4) is 0 Å². The molecule has 0 radical (unpaired) electrons. The number of benzene rings is 2. The van der Waals surface area contributed by atoms with Crippen LogP contribution in [0.15, 0.2) is 42.7 Å². The number of carbonyl (C=O) groups is 3. The van der Waals surface area contributed by atoms with Crippen molar-refractivity contribution in [2.24, 2.45) is 0 Å². The van der Waals surface area contributed by atoms with Crippen LogP contribution in [0.4, 0.5) is 0 Å². The Kier molecular flexibility index (Phi) is 4.04. The summed E-state index contributed by atoms with van der Waals surface area (Å²) in [5.74, 6) is -1.23. The van der Waals surface area contributed by atoms with Crippen molar-refractivity contribution >= 4 is 41.1 Å². The molecule has 0 aromatic heterocycles. The number of imide groups is 1. The van der Waals surface area contributed by atoms with E-state index in [1.54, 1.807) is 24.3 Å². The van der Waals surface area contributed by atoms with E-state index >= 15 is 0 Å². The zero-order valence-electron chi connectivity index (χ0n) is 15.8. The Morgan fingerprint density at radius 2 is 1.86 bits per heavy atom. The normalized spacial score (nSPS) is 17.9. The van der Waals surface area contributed by atoms with E-state index in [4.69, 9.17) is 9.31 Å². The molecule has 0 spiro atoms. The first-order chi connectivity index (χ1) is 13.2. The number of amides is 2. The molecule has 2 aliphatic heterocycles. The lowest BCUT2D eigenvalue weighted by molar-refractivity contribution is -0.140. The summed E-state index contributed by atoms with van der Waals surface area (Å²) in [7, 11) is 0.518. The van der Waals surface area contributed by atoms with Crippen LogP contribution in [-0.2, 0) is 18.8 Å². The molecule has 4 rings (SSSR count). The summed E-state index contributed by atoms with van der Waals surface area (Å²) < 4.78 is 16.4. The molecule has 2 amide bonds. The standard InChI is InChI=1S/C20H18BNO6/c1-11-20(2,3)28-21(27-11)15-9-8-14-17-12(15)6-5-7-13(17)18(24)22(19(14)25)10-16(23)26-4/h5-9H,1,10H2,2-4H3. The molecule has 0 saturated carbocycles. The lowest BCUT2D eigenvalue weighted by Crippen LogP contribution is -2.44. The average Bonchev–Trinajstić information content (AvgIpc) is 2.95. The molecule has 0 atom stereocenters. The summed E-state index contributed by atoms with van der Waals surface area (Å²) in [5, 5.41) is 1.21. The Hall–Kier alpha value is -3.13. The van der Waals surface area contributed by atoms with Crippen molar-refractivity contribution in [2.75, 3.05) is 13.7 Å². The third-order valence-corrected chi connectivity index (χ3v) is 5.12. The van der Waals surface area contributed by atoms with Gasteiger partial charge in [-0.25, -0.2) is 0 Å². The molecule has 2 aromatic rings. The molecule has 8 heteroatoms. The van der Waals surface area contributed by atoms with Gasteiger partial charge in [-0.2, -0.15) is 0 Å². The van der Waals surface area contributed by atoms with Crippen LogP contribution in [0.25, 0.3) is 10.8 Å².